The van der Waals surface area contributed by atoms with Crippen molar-refractivity contribution >= 4 is 27.5 Å². The van der Waals surface area contributed by atoms with Gasteiger partial charge >= 0.3 is 0 Å². The minimum Gasteiger partial charge on any atom is -0.482 e. The summed E-state index contributed by atoms with van der Waals surface area (Å²) >= 11 is 9.69. The van der Waals surface area contributed by atoms with Gasteiger partial charge in [-0.15, -0.1) is 0 Å². The molecule has 0 radical (unpaired) electrons. The first-order valence-corrected chi connectivity index (χ1v) is 9.29. The molecule has 2 aromatic rings. The smallest absolute Gasteiger partial charge is 0.173 e. The van der Waals surface area contributed by atoms with Crippen LogP contribution in [0.25, 0.3) is 0 Å². The van der Waals surface area contributed by atoms with E-state index in [2.05, 4.69) is 26.1 Å². The van der Waals surface area contributed by atoms with Crippen LogP contribution in [0.1, 0.15) is 35.0 Å². The zero-order valence-electron chi connectivity index (χ0n) is 12.9. The lowest BCUT2D eigenvalue weighted by Gasteiger charge is -2.31. The summed E-state index contributed by atoms with van der Waals surface area (Å²) in [6, 6.07) is 3.82. The molecule has 5 nitrogen and oxygen atoms in total. The molecule has 5 rings (SSSR count). The number of aryl methyl sites for hydroxylation is 1. The molecule has 7 heteroatoms. The topological polar surface area (TPSA) is 56.4 Å². The predicted octanol–water partition coefficient (Wildman–Crippen LogP) is 3.73. The van der Waals surface area contributed by atoms with Gasteiger partial charge in [0.05, 0.1) is 17.7 Å². The Morgan fingerprint density at radius 3 is 2.96 bits per heavy atom. The molecule has 126 valence electrons. The third kappa shape index (κ3) is 2.31. The second kappa shape index (κ2) is 5.46. The fraction of sp³-hybridized carbons (Fsp3) is 0.471. The molecule has 3 aliphatic rings. The molecule has 3 heterocycles. The van der Waals surface area contributed by atoms with Crippen molar-refractivity contribution in [2.75, 3.05) is 13.2 Å². The summed E-state index contributed by atoms with van der Waals surface area (Å²) in [6.45, 7) is 1.33. The first-order valence-electron chi connectivity index (χ1n) is 8.12. The zero-order valence-corrected chi connectivity index (χ0v) is 15.2. The molecule has 1 aromatic carbocycles. The summed E-state index contributed by atoms with van der Waals surface area (Å²) < 4.78 is 18.9. The molecular weight excluding hydrogens is 396 g/mol. The number of nitrogens with zero attached hydrogens (tertiary/aromatic N) is 1. The van der Waals surface area contributed by atoms with Crippen molar-refractivity contribution in [2.24, 2.45) is 0 Å². The van der Waals surface area contributed by atoms with Gasteiger partial charge < -0.3 is 14.2 Å². The average molecular weight is 412 g/mol. The molecule has 1 atom stereocenters. The summed E-state index contributed by atoms with van der Waals surface area (Å²) in [5.41, 5.74) is 4.42. The number of rotatable bonds is 1. The first-order chi connectivity index (χ1) is 11.6. The predicted molar refractivity (Wildman–Crippen MR) is 91.5 cm³/mol. The number of halogens is 2. The molecule has 0 bridgehead atoms. The number of fused-ring (bicyclic) bond motifs is 2. The van der Waals surface area contributed by atoms with Crippen LogP contribution in [0.15, 0.2) is 16.6 Å². The van der Waals surface area contributed by atoms with E-state index in [0.29, 0.717) is 18.2 Å². The molecule has 1 spiro atoms. The standard InChI is InChI=1S/C17H16BrClN2O3/c18-12-7-10(19)5-9-6-14(24-16(9)12)15-11-8-17(22-3-4-23-17)2-1-13(11)20-21-15/h5,7,14H,1-4,6,8H2,(H,20,21)/t14-/m1/s1. The van der Waals surface area contributed by atoms with Crippen molar-refractivity contribution in [3.8, 4) is 5.75 Å². The first kappa shape index (κ1) is 15.2. The highest BCUT2D eigenvalue weighted by molar-refractivity contribution is 9.10. The van der Waals surface area contributed by atoms with Gasteiger partial charge in [-0.2, -0.15) is 5.10 Å². The lowest BCUT2D eigenvalue weighted by Crippen LogP contribution is -2.37. The highest BCUT2D eigenvalue weighted by Crippen LogP contribution is 2.45. The Balaban J connectivity index is 1.48. The summed E-state index contributed by atoms with van der Waals surface area (Å²) in [5.74, 6) is 0.390. The number of nitrogens with one attached hydrogen (secondary N) is 1. The third-order valence-electron chi connectivity index (χ3n) is 5.06. The van der Waals surface area contributed by atoms with E-state index >= 15 is 0 Å². The van der Waals surface area contributed by atoms with Gasteiger partial charge in [0.15, 0.2) is 5.79 Å². The highest BCUT2D eigenvalue weighted by atomic mass is 79.9. The maximum absolute atomic E-state index is 6.18. The maximum Gasteiger partial charge on any atom is 0.173 e. The van der Waals surface area contributed by atoms with Crippen LogP contribution >= 0.6 is 27.5 Å². The number of hydrogen-bond acceptors (Lipinski definition) is 4. The second-order valence-corrected chi connectivity index (χ2v) is 7.83. The van der Waals surface area contributed by atoms with E-state index in [1.807, 2.05) is 12.1 Å². The Hall–Kier alpha value is -1.08. The van der Waals surface area contributed by atoms with Crippen molar-refractivity contribution in [3.05, 3.63) is 44.1 Å². The average Bonchev–Trinajstić information content (AvgIpc) is 3.25. The molecule has 24 heavy (non-hydrogen) atoms. The van der Waals surface area contributed by atoms with Crippen molar-refractivity contribution in [1.82, 2.24) is 10.2 Å². The summed E-state index contributed by atoms with van der Waals surface area (Å²) in [5, 5.41) is 8.45. The normalized spacial score (nSPS) is 24.0. The highest BCUT2D eigenvalue weighted by Gasteiger charge is 2.43. The maximum atomic E-state index is 6.18. The van der Waals surface area contributed by atoms with Crippen LogP contribution in [-0.4, -0.2) is 29.2 Å². The molecule has 1 aliphatic carbocycles. The van der Waals surface area contributed by atoms with Crippen LogP contribution < -0.4 is 4.74 Å². The summed E-state index contributed by atoms with van der Waals surface area (Å²) in [4.78, 5) is 0. The van der Waals surface area contributed by atoms with Crippen molar-refractivity contribution in [1.29, 1.82) is 0 Å². The van der Waals surface area contributed by atoms with E-state index < -0.39 is 5.79 Å². The number of hydrogen-bond donors (Lipinski definition) is 1. The Labute approximate surface area is 152 Å². The minimum absolute atomic E-state index is 0.105. The number of benzene rings is 1. The van der Waals surface area contributed by atoms with E-state index in [1.54, 1.807) is 0 Å². The van der Waals surface area contributed by atoms with E-state index in [1.165, 1.54) is 11.3 Å². The molecule has 0 saturated carbocycles. The van der Waals surface area contributed by atoms with Crippen molar-refractivity contribution in [2.45, 2.75) is 37.6 Å². The van der Waals surface area contributed by atoms with Crippen LogP contribution in [0.4, 0.5) is 0 Å². The van der Waals surface area contributed by atoms with Gasteiger partial charge in [-0.3, -0.25) is 5.10 Å². The molecule has 0 unspecified atom stereocenters. The fourth-order valence-electron chi connectivity index (χ4n) is 3.94. The molecule has 2 aliphatic heterocycles. The van der Waals surface area contributed by atoms with Gasteiger partial charge in [0.1, 0.15) is 17.5 Å². The summed E-state index contributed by atoms with van der Waals surface area (Å²) in [7, 11) is 0. The number of ether oxygens (including phenoxy) is 3. The van der Waals surface area contributed by atoms with Crippen LogP contribution in [0.2, 0.25) is 5.02 Å². The quantitative estimate of drug-likeness (QED) is 0.777. The molecule has 1 saturated heterocycles. The Kier molecular flexibility index (Phi) is 3.46. The van der Waals surface area contributed by atoms with E-state index in [9.17, 15) is 0 Å². The van der Waals surface area contributed by atoms with Gasteiger partial charge in [0.2, 0.25) is 0 Å². The van der Waals surface area contributed by atoms with Crippen LogP contribution in [0, 0.1) is 0 Å². The molecule has 1 aromatic heterocycles. The number of aromatic amines is 1. The third-order valence-corrected chi connectivity index (χ3v) is 5.86. The fourth-order valence-corrected chi connectivity index (χ4v) is 4.90. The van der Waals surface area contributed by atoms with E-state index in [-0.39, 0.29) is 6.10 Å². The van der Waals surface area contributed by atoms with Crippen LogP contribution in [-0.2, 0) is 28.7 Å². The van der Waals surface area contributed by atoms with Gasteiger partial charge in [-0.25, -0.2) is 0 Å². The van der Waals surface area contributed by atoms with Gasteiger partial charge in [0.25, 0.3) is 0 Å². The molecule has 1 N–H and O–H groups in total. The van der Waals surface area contributed by atoms with Crippen molar-refractivity contribution in [3.63, 3.8) is 0 Å². The Morgan fingerprint density at radius 1 is 1.29 bits per heavy atom. The van der Waals surface area contributed by atoms with Gasteiger partial charge in [-0.05, 0) is 34.5 Å². The lowest BCUT2D eigenvalue weighted by atomic mass is 9.89. The lowest BCUT2D eigenvalue weighted by molar-refractivity contribution is -0.164. The van der Waals surface area contributed by atoms with Crippen LogP contribution in [0.3, 0.4) is 0 Å². The SMILES string of the molecule is Clc1cc(Br)c2c(c1)C[C@H](c1n[nH]c3c1CC1(CC3)OCCO1)O2. The molecular formula is C17H16BrClN2O3. The Bertz CT molecular complexity index is 816. The molecule has 0 amide bonds. The second-order valence-electron chi connectivity index (χ2n) is 6.54. The zero-order chi connectivity index (χ0) is 16.3. The molecule has 1 fully saturated rings. The van der Waals surface area contributed by atoms with E-state index in [0.717, 1.165) is 47.2 Å². The minimum atomic E-state index is -0.471. The van der Waals surface area contributed by atoms with Gasteiger partial charge in [-0.1, -0.05) is 11.6 Å². The largest absolute Gasteiger partial charge is 0.482 e. The van der Waals surface area contributed by atoms with Crippen LogP contribution in [0.5, 0.6) is 5.75 Å². The number of H-pyrrole nitrogens is 1. The number of aromatic nitrogens is 2. The Morgan fingerprint density at radius 2 is 2.12 bits per heavy atom. The summed E-state index contributed by atoms with van der Waals surface area (Å²) in [6.07, 6.45) is 3.14. The van der Waals surface area contributed by atoms with E-state index in [4.69, 9.17) is 25.8 Å². The monoisotopic (exact) mass is 410 g/mol. The van der Waals surface area contributed by atoms with Crippen molar-refractivity contribution < 1.29 is 14.2 Å². The van der Waals surface area contributed by atoms with Gasteiger partial charge in [0, 0.05) is 41.1 Å².